The monoisotopic (exact) mass is 257 g/mol. The Morgan fingerprint density at radius 1 is 1.28 bits per heavy atom. The predicted octanol–water partition coefficient (Wildman–Crippen LogP) is 0.285. The molecule has 3 amide bonds. The number of nitrogens with zero attached hydrogens (tertiary/aromatic N) is 2. The minimum Gasteiger partial charge on any atom is -0.378 e. The summed E-state index contributed by atoms with van der Waals surface area (Å²) in [5.74, 6) is -0.0428. The van der Waals surface area contributed by atoms with Crippen LogP contribution in [0.4, 0.5) is 4.79 Å². The predicted molar refractivity (Wildman–Crippen MR) is 68.3 cm³/mol. The standard InChI is InChI=1S/C12H23N3O3/c1-4-14(5-2)12(17)13-10(3)11(16)15-6-8-18-9-7-15/h10H,4-9H2,1-3H3,(H,13,17). The van der Waals surface area contributed by atoms with Crippen molar-refractivity contribution >= 4 is 11.9 Å². The van der Waals surface area contributed by atoms with Gasteiger partial charge < -0.3 is 19.9 Å². The lowest BCUT2D eigenvalue weighted by atomic mass is 10.2. The van der Waals surface area contributed by atoms with Crippen LogP contribution in [0.1, 0.15) is 20.8 Å². The van der Waals surface area contributed by atoms with Crippen LogP contribution >= 0.6 is 0 Å². The number of rotatable bonds is 4. The lowest BCUT2D eigenvalue weighted by Crippen LogP contribution is -2.53. The fraction of sp³-hybridized carbons (Fsp3) is 0.833. The van der Waals surface area contributed by atoms with E-state index in [2.05, 4.69) is 5.32 Å². The Morgan fingerprint density at radius 3 is 2.33 bits per heavy atom. The first-order chi connectivity index (χ1) is 8.60. The van der Waals surface area contributed by atoms with Gasteiger partial charge in [0.05, 0.1) is 13.2 Å². The van der Waals surface area contributed by atoms with Crippen LogP contribution in [0.2, 0.25) is 0 Å². The number of urea groups is 1. The third-order valence-electron chi connectivity index (χ3n) is 3.08. The molecule has 1 unspecified atom stereocenters. The molecule has 104 valence electrons. The maximum atomic E-state index is 12.1. The fourth-order valence-electron chi connectivity index (χ4n) is 1.91. The Labute approximate surface area is 108 Å². The van der Waals surface area contributed by atoms with Gasteiger partial charge in [-0.25, -0.2) is 4.79 Å². The Morgan fingerprint density at radius 2 is 1.83 bits per heavy atom. The van der Waals surface area contributed by atoms with Crippen molar-refractivity contribution in [1.82, 2.24) is 15.1 Å². The fourth-order valence-corrected chi connectivity index (χ4v) is 1.91. The Bertz CT molecular complexity index is 286. The van der Waals surface area contributed by atoms with Gasteiger partial charge in [0.25, 0.3) is 0 Å². The molecule has 1 aliphatic rings. The van der Waals surface area contributed by atoms with Crippen LogP contribution in [0.15, 0.2) is 0 Å². The molecule has 1 rings (SSSR count). The van der Waals surface area contributed by atoms with E-state index in [1.54, 1.807) is 16.7 Å². The highest BCUT2D eigenvalue weighted by Crippen LogP contribution is 2.01. The zero-order valence-corrected chi connectivity index (χ0v) is 11.4. The highest BCUT2D eigenvalue weighted by atomic mass is 16.5. The van der Waals surface area contributed by atoms with Gasteiger partial charge in [-0.2, -0.15) is 0 Å². The summed E-state index contributed by atoms with van der Waals surface area (Å²) in [6.07, 6.45) is 0. The minimum atomic E-state index is -0.490. The Hall–Kier alpha value is -1.30. The van der Waals surface area contributed by atoms with Gasteiger partial charge >= 0.3 is 6.03 Å². The van der Waals surface area contributed by atoms with Gasteiger partial charge in [0.15, 0.2) is 0 Å². The number of hydrogen-bond acceptors (Lipinski definition) is 3. The largest absolute Gasteiger partial charge is 0.378 e. The second-order valence-corrected chi connectivity index (χ2v) is 4.28. The van der Waals surface area contributed by atoms with E-state index in [9.17, 15) is 9.59 Å². The molecule has 0 aromatic rings. The lowest BCUT2D eigenvalue weighted by molar-refractivity contribution is -0.136. The number of hydrogen-bond donors (Lipinski definition) is 1. The van der Waals surface area contributed by atoms with Crippen molar-refractivity contribution in [1.29, 1.82) is 0 Å². The topological polar surface area (TPSA) is 61.9 Å². The highest BCUT2D eigenvalue weighted by molar-refractivity contribution is 5.86. The second-order valence-electron chi connectivity index (χ2n) is 4.28. The molecule has 0 aliphatic carbocycles. The summed E-state index contributed by atoms with van der Waals surface area (Å²) < 4.78 is 5.19. The molecule has 0 bridgehead atoms. The molecular formula is C12H23N3O3. The summed E-state index contributed by atoms with van der Waals surface area (Å²) in [5, 5.41) is 2.73. The van der Waals surface area contributed by atoms with E-state index in [0.717, 1.165) is 0 Å². The molecule has 1 saturated heterocycles. The van der Waals surface area contributed by atoms with Gasteiger partial charge in [0, 0.05) is 26.2 Å². The number of carbonyl (C=O) groups excluding carboxylic acids is 2. The molecule has 0 aromatic carbocycles. The van der Waals surface area contributed by atoms with Crippen LogP contribution in [0.3, 0.4) is 0 Å². The van der Waals surface area contributed by atoms with Gasteiger partial charge in [-0.15, -0.1) is 0 Å². The molecule has 6 heteroatoms. The van der Waals surface area contributed by atoms with E-state index < -0.39 is 6.04 Å². The molecule has 0 spiro atoms. The van der Waals surface area contributed by atoms with E-state index in [1.165, 1.54) is 0 Å². The third-order valence-corrected chi connectivity index (χ3v) is 3.08. The SMILES string of the molecule is CCN(CC)C(=O)NC(C)C(=O)N1CCOCC1. The smallest absolute Gasteiger partial charge is 0.318 e. The van der Waals surface area contributed by atoms with Crippen molar-refractivity contribution in [3.63, 3.8) is 0 Å². The van der Waals surface area contributed by atoms with E-state index in [0.29, 0.717) is 39.4 Å². The summed E-state index contributed by atoms with van der Waals surface area (Å²) in [6, 6.07) is -0.676. The zero-order valence-electron chi connectivity index (χ0n) is 11.4. The molecule has 0 aromatic heterocycles. The van der Waals surface area contributed by atoms with Crippen molar-refractivity contribution in [3.05, 3.63) is 0 Å². The number of carbonyl (C=O) groups is 2. The zero-order chi connectivity index (χ0) is 13.5. The molecular weight excluding hydrogens is 234 g/mol. The summed E-state index contributed by atoms with van der Waals surface area (Å²) in [4.78, 5) is 27.3. The first kappa shape index (κ1) is 14.8. The molecule has 0 radical (unpaired) electrons. The van der Waals surface area contributed by atoms with Crippen molar-refractivity contribution in [2.24, 2.45) is 0 Å². The van der Waals surface area contributed by atoms with Gasteiger partial charge in [0.1, 0.15) is 6.04 Å². The van der Waals surface area contributed by atoms with E-state index in [1.807, 2.05) is 13.8 Å². The van der Waals surface area contributed by atoms with Crippen LogP contribution in [0.5, 0.6) is 0 Å². The highest BCUT2D eigenvalue weighted by Gasteiger charge is 2.24. The van der Waals surface area contributed by atoms with Gasteiger partial charge in [0.2, 0.25) is 5.91 Å². The molecule has 1 fully saturated rings. The quantitative estimate of drug-likeness (QED) is 0.787. The van der Waals surface area contributed by atoms with Crippen LogP contribution in [-0.4, -0.2) is 67.2 Å². The first-order valence-electron chi connectivity index (χ1n) is 6.52. The molecule has 1 atom stereocenters. The van der Waals surface area contributed by atoms with Crippen molar-refractivity contribution in [3.8, 4) is 0 Å². The number of morpholine rings is 1. The summed E-state index contributed by atoms with van der Waals surface area (Å²) in [5.41, 5.74) is 0. The first-order valence-corrected chi connectivity index (χ1v) is 6.52. The second kappa shape index (κ2) is 7.20. The van der Waals surface area contributed by atoms with Crippen molar-refractivity contribution in [2.45, 2.75) is 26.8 Å². The Balaban J connectivity index is 2.45. The number of ether oxygens (including phenoxy) is 1. The summed E-state index contributed by atoms with van der Waals surface area (Å²) in [7, 11) is 0. The molecule has 1 aliphatic heterocycles. The maximum Gasteiger partial charge on any atom is 0.318 e. The number of amides is 3. The van der Waals surface area contributed by atoms with Gasteiger partial charge in [-0.05, 0) is 20.8 Å². The summed E-state index contributed by atoms with van der Waals surface area (Å²) in [6.45, 7) is 9.18. The third kappa shape index (κ3) is 3.87. The van der Waals surface area contributed by atoms with E-state index >= 15 is 0 Å². The average Bonchev–Trinajstić information content (AvgIpc) is 2.40. The van der Waals surface area contributed by atoms with Crippen LogP contribution in [0, 0.1) is 0 Å². The van der Waals surface area contributed by atoms with Gasteiger partial charge in [-0.1, -0.05) is 0 Å². The van der Waals surface area contributed by atoms with Crippen LogP contribution in [-0.2, 0) is 9.53 Å². The van der Waals surface area contributed by atoms with Crippen LogP contribution in [0.25, 0.3) is 0 Å². The van der Waals surface area contributed by atoms with Crippen molar-refractivity contribution in [2.75, 3.05) is 39.4 Å². The van der Waals surface area contributed by atoms with Crippen LogP contribution < -0.4 is 5.32 Å². The average molecular weight is 257 g/mol. The molecule has 18 heavy (non-hydrogen) atoms. The lowest BCUT2D eigenvalue weighted by Gasteiger charge is -2.30. The molecule has 0 saturated carbocycles. The molecule has 1 heterocycles. The minimum absolute atomic E-state index is 0.0428. The van der Waals surface area contributed by atoms with Gasteiger partial charge in [-0.3, -0.25) is 4.79 Å². The summed E-state index contributed by atoms with van der Waals surface area (Å²) >= 11 is 0. The Kier molecular flexibility index (Phi) is 5.91. The number of nitrogens with one attached hydrogen (secondary N) is 1. The normalized spacial score (nSPS) is 17.2. The van der Waals surface area contributed by atoms with E-state index in [-0.39, 0.29) is 11.9 Å². The molecule has 1 N–H and O–H groups in total. The molecule has 6 nitrogen and oxygen atoms in total. The van der Waals surface area contributed by atoms with Crippen molar-refractivity contribution < 1.29 is 14.3 Å². The maximum absolute atomic E-state index is 12.1. The van der Waals surface area contributed by atoms with E-state index in [4.69, 9.17) is 4.74 Å².